The number of rotatable bonds is 4. The zero-order valence-corrected chi connectivity index (χ0v) is 15.3. The number of aryl methyl sites for hydroxylation is 2. The van der Waals surface area contributed by atoms with E-state index in [1.54, 1.807) is 22.2 Å². The van der Waals surface area contributed by atoms with E-state index in [-0.39, 0.29) is 11.9 Å². The van der Waals surface area contributed by atoms with Gasteiger partial charge in [-0.3, -0.25) is 9.48 Å². The molecule has 1 amide bonds. The number of benzene rings is 1. The average molecular weight is 362 g/mol. The number of nitrogens with one attached hydrogen (secondary N) is 1. The Hall–Kier alpha value is -2.99. The molecule has 1 atom stereocenters. The molecule has 26 heavy (non-hydrogen) atoms. The maximum absolute atomic E-state index is 12.9. The standard InChI is InChI=1S/C20H18N4OS/c1-13-16-11-15(12-21-19(16)24(2)23-13)20(25)22-18(17-9-6-10-26-17)14-7-4-3-5-8-14/h3-12,18H,1-2H3,(H,22,25). The van der Waals surface area contributed by atoms with Crippen LogP contribution < -0.4 is 5.32 Å². The van der Waals surface area contributed by atoms with Crippen molar-refractivity contribution in [3.05, 3.63) is 81.8 Å². The number of amides is 1. The van der Waals surface area contributed by atoms with Crippen molar-refractivity contribution < 1.29 is 4.79 Å². The molecule has 1 aromatic carbocycles. The minimum Gasteiger partial charge on any atom is -0.340 e. The van der Waals surface area contributed by atoms with E-state index >= 15 is 0 Å². The number of hydrogen-bond acceptors (Lipinski definition) is 4. The second-order valence-corrected chi connectivity index (χ2v) is 7.12. The third-order valence-electron chi connectivity index (χ3n) is 4.36. The van der Waals surface area contributed by atoms with Gasteiger partial charge in [-0.25, -0.2) is 4.98 Å². The molecule has 1 unspecified atom stereocenters. The van der Waals surface area contributed by atoms with Gasteiger partial charge < -0.3 is 5.32 Å². The van der Waals surface area contributed by atoms with E-state index in [2.05, 4.69) is 15.4 Å². The summed E-state index contributed by atoms with van der Waals surface area (Å²) in [6.45, 7) is 1.92. The Balaban J connectivity index is 1.68. The van der Waals surface area contributed by atoms with E-state index in [0.717, 1.165) is 27.2 Å². The molecular weight excluding hydrogens is 344 g/mol. The minimum atomic E-state index is -0.186. The van der Waals surface area contributed by atoms with Gasteiger partial charge in [0.25, 0.3) is 5.91 Å². The average Bonchev–Trinajstić information content (AvgIpc) is 3.29. The fourth-order valence-electron chi connectivity index (χ4n) is 3.07. The van der Waals surface area contributed by atoms with Crippen molar-refractivity contribution in [2.24, 2.45) is 7.05 Å². The summed E-state index contributed by atoms with van der Waals surface area (Å²) in [5.41, 5.74) is 3.22. The Morgan fingerprint density at radius 2 is 2.00 bits per heavy atom. The number of fused-ring (bicyclic) bond motifs is 1. The van der Waals surface area contributed by atoms with Crippen molar-refractivity contribution in [2.45, 2.75) is 13.0 Å². The molecule has 0 saturated carbocycles. The van der Waals surface area contributed by atoms with Gasteiger partial charge in [0.2, 0.25) is 0 Å². The summed E-state index contributed by atoms with van der Waals surface area (Å²) in [4.78, 5) is 18.4. The SMILES string of the molecule is Cc1nn(C)c2ncc(C(=O)NC(c3ccccc3)c3cccs3)cc12. The highest BCUT2D eigenvalue weighted by Gasteiger charge is 2.19. The van der Waals surface area contributed by atoms with E-state index in [9.17, 15) is 4.79 Å². The summed E-state index contributed by atoms with van der Waals surface area (Å²) >= 11 is 1.63. The predicted octanol–water partition coefficient (Wildman–Crippen LogP) is 3.86. The quantitative estimate of drug-likeness (QED) is 0.600. The van der Waals surface area contributed by atoms with Crippen molar-refractivity contribution in [3.63, 3.8) is 0 Å². The van der Waals surface area contributed by atoms with E-state index in [4.69, 9.17) is 0 Å². The molecule has 0 fully saturated rings. The first-order chi connectivity index (χ1) is 12.6. The predicted molar refractivity (Wildman–Crippen MR) is 103 cm³/mol. The number of aromatic nitrogens is 3. The summed E-state index contributed by atoms with van der Waals surface area (Å²) in [5, 5.41) is 10.4. The summed E-state index contributed by atoms with van der Waals surface area (Å²) in [7, 11) is 1.85. The fraction of sp³-hybridized carbons (Fsp3) is 0.150. The molecule has 0 aliphatic carbocycles. The van der Waals surface area contributed by atoms with Gasteiger partial charge in [0.15, 0.2) is 5.65 Å². The molecule has 0 bridgehead atoms. The molecular formula is C20H18N4OS. The Morgan fingerprint density at radius 3 is 2.73 bits per heavy atom. The zero-order chi connectivity index (χ0) is 18.1. The Bertz CT molecular complexity index is 1050. The van der Waals surface area contributed by atoms with E-state index < -0.39 is 0 Å². The summed E-state index contributed by atoms with van der Waals surface area (Å²) in [5.74, 6) is -0.148. The molecule has 0 aliphatic heterocycles. The molecule has 5 nitrogen and oxygen atoms in total. The van der Waals surface area contributed by atoms with Crippen LogP contribution in [0.3, 0.4) is 0 Å². The maximum Gasteiger partial charge on any atom is 0.253 e. The van der Waals surface area contributed by atoms with Gasteiger partial charge in [-0.15, -0.1) is 11.3 Å². The number of nitrogens with zero attached hydrogens (tertiary/aromatic N) is 3. The second-order valence-electron chi connectivity index (χ2n) is 6.14. The normalized spacial score (nSPS) is 12.2. The van der Waals surface area contributed by atoms with Crippen LogP contribution in [-0.4, -0.2) is 20.7 Å². The van der Waals surface area contributed by atoms with Gasteiger partial charge in [0, 0.05) is 23.5 Å². The first-order valence-electron chi connectivity index (χ1n) is 8.32. The van der Waals surface area contributed by atoms with Crippen molar-refractivity contribution in [3.8, 4) is 0 Å². The van der Waals surface area contributed by atoms with Gasteiger partial charge in [-0.2, -0.15) is 5.10 Å². The van der Waals surface area contributed by atoms with Crippen molar-refractivity contribution >= 4 is 28.3 Å². The van der Waals surface area contributed by atoms with Crippen LogP contribution in [0.5, 0.6) is 0 Å². The second kappa shape index (κ2) is 6.72. The molecule has 0 radical (unpaired) electrons. The van der Waals surface area contributed by atoms with Crippen LogP contribution in [0.1, 0.15) is 32.5 Å². The molecule has 3 aromatic heterocycles. The van der Waals surface area contributed by atoms with Gasteiger partial charge in [0.1, 0.15) is 0 Å². The van der Waals surface area contributed by atoms with Crippen LogP contribution in [-0.2, 0) is 7.05 Å². The number of carbonyl (C=O) groups is 1. The fourth-order valence-corrected chi connectivity index (χ4v) is 3.87. The number of carbonyl (C=O) groups excluding carboxylic acids is 1. The Labute approximate surface area is 155 Å². The lowest BCUT2D eigenvalue weighted by Crippen LogP contribution is -2.28. The molecule has 4 rings (SSSR count). The lowest BCUT2D eigenvalue weighted by atomic mass is 10.0. The number of hydrogen-bond donors (Lipinski definition) is 1. The summed E-state index contributed by atoms with van der Waals surface area (Å²) < 4.78 is 1.73. The largest absolute Gasteiger partial charge is 0.340 e. The first kappa shape index (κ1) is 16.5. The first-order valence-corrected chi connectivity index (χ1v) is 9.20. The lowest BCUT2D eigenvalue weighted by molar-refractivity contribution is 0.0943. The summed E-state index contributed by atoms with van der Waals surface area (Å²) in [6.07, 6.45) is 1.61. The highest BCUT2D eigenvalue weighted by atomic mass is 32.1. The van der Waals surface area contributed by atoms with Crippen molar-refractivity contribution in [1.82, 2.24) is 20.1 Å². The van der Waals surface area contributed by atoms with Gasteiger partial charge in [-0.1, -0.05) is 36.4 Å². The highest BCUT2D eigenvalue weighted by molar-refractivity contribution is 7.10. The third-order valence-corrected chi connectivity index (χ3v) is 5.30. The lowest BCUT2D eigenvalue weighted by Gasteiger charge is -2.18. The molecule has 0 aliphatic rings. The van der Waals surface area contributed by atoms with Gasteiger partial charge in [0.05, 0.1) is 17.3 Å². The van der Waals surface area contributed by atoms with Crippen LogP contribution in [0, 0.1) is 6.92 Å². The van der Waals surface area contributed by atoms with Crippen LogP contribution >= 0.6 is 11.3 Å². The van der Waals surface area contributed by atoms with Crippen molar-refractivity contribution in [1.29, 1.82) is 0 Å². The van der Waals surface area contributed by atoms with E-state index in [1.807, 2.05) is 67.9 Å². The molecule has 1 N–H and O–H groups in total. The Kier molecular flexibility index (Phi) is 4.26. The molecule has 0 saturated heterocycles. The zero-order valence-electron chi connectivity index (χ0n) is 14.5. The highest BCUT2D eigenvalue weighted by Crippen LogP contribution is 2.26. The topological polar surface area (TPSA) is 59.8 Å². The maximum atomic E-state index is 12.9. The van der Waals surface area contributed by atoms with Crippen molar-refractivity contribution in [2.75, 3.05) is 0 Å². The third kappa shape index (κ3) is 2.99. The minimum absolute atomic E-state index is 0.148. The number of pyridine rings is 1. The van der Waals surface area contributed by atoms with Crippen LogP contribution in [0.25, 0.3) is 11.0 Å². The molecule has 4 aromatic rings. The van der Waals surface area contributed by atoms with Crippen LogP contribution in [0.4, 0.5) is 0 Å². The van der Waals surface area contributed by atoms with E-state index in [0.29, 0.717) is 5.56 Å². The van der Waals surface area contributed by atoms with E-state index in [1.165, 1.54) is 0 Å². The van der Waals surface area contributed by atoms with Gasteiger partial charge >= 0.3 is 0 Å². The molecule has 3 heterocycles. The Morgan fingerprint density at radius 1 is 1.19 bits per heavy atom. The van der Waals surface area contributed by atoms with Crippen LogP contribution in [0.15, 0.2) is 60.1 Å². The molecule has 130 valence electrons. The monoisotopic (exact) mass is 362 g/mol. The molecule has 0 spiro atoms. The number of thiophene rings is 1. The van der Waals surface area contributed by atoms with Gasteiger partial charge in [-0.05, 0) is 30.0 Å². The smallest absolute Gasteiger partial charge is 0.253 e. The molecule has 6 heteroatoms. The summed E-state index contributed by atoms with van der Waals surface area (Å²) in [6, 6.07) is 15.7. The van der Waals surface area contributed by atoms with Crippen LogP contribution in [0.2, 0.25) is 0 Å².